The molecule has 0 aromatic heterocycles. The summed E-state index contributed by atoms with van der Waals surface area (Å²) in [5, 5.41) is 0. The van der Waals surface area contributed by atoms with E-state index in [0.717, 1.165) is 12.8 Å². The molecule has 1 saturated carbocycles. The molecule has 1 aromatic rings. The Kier molecular flexibility index (Phi) is 3.80. The molecular weight excluding hydrogens is 246 g/mol. The van der Waals surface area contributed by atoms with Crippen LogP contribution in [0.1, 0.15) is 24.4 Å². The van der Waals surface area contributed by atoms with Crippen molar-refractivity contribution in [3.05, 3.63) is 34.9 Å². The molecule has 0 saturated heterocycles. The predicted molar refractivity (Wildman–Crippen MR) is 53.2 cm³/mol. The summed E-state index contributed by atoms with van der Waals surface area (Å²) in [6.07, 6.45) is 1.47. The van der Waals surface area contributed by atoms with E-state index in [0.29, 0.717) is 0 Å². The predicted octanol–water partition coefficient (Wildman–Crippen LogP) is 3.07. The van der Waals surface area contributed by atoms with E-state index < -0.39 is 34.9 Å². The van der Waals surface area contributed by atoms with Crippen LogP contribution in [0.4, 0.5) is 17.6 Å². The van der Waals surface area contributed by atoms with Crippen molar-refractivity contribution in [2.45, 2.75) is 18.9 Å². The van der Waals surface area contributed by atoms with Gasteiger partial charge in [0.15, 0.2) is 23.3 Å². The van der Waals surface area contributed by atoms with Crippen molar-refractivity contribution in [2.75, 3.05) is 0 Å². The quantitative estimate of drug-likeness (QED) is 0.638. The fraction of sp³-hybridized carbons (Fsp3) is 0.400. The van der Waals surface area contributed by atoms with Gasteiger partial charge in [-0.25, -0.2) is 17.6 Å². The molecule has 0 bridgehead atoms. The van der Waals surface area contributed by atoms with Crippen LogP contribution in [0.15, 0.2) is 6.07 Å². The Morgan fingerprint density at radius 2 is 1.50 bits per heavy atom. The Hall–Kier alpha value is -0.810. The molecule has 0 heterocycles. The Morgan fingerprint density at radius 1 is 1.06 bits per heavy atom. The number of nitrogens with two attached hydrogens (primary N) is 1. The molecule has 0 unspecified atom stereocenters. The molecule has 1 nitrogen and oxygen atoms in total. The molecule has 1 aliphatic carbocycles. The summed E-state index contributed by atoms with van der Waals surface area (Å²) < 4.78 is 52.1. The highest BCUT2D eigenvalue weighted by Gasteiger charge is 2.35. The van der Waals surface area contributed by atoms with Crippen molar-refractivity contribution in [3.8, 4) is 0 Å². The van der Waals surface area contributed by atoms with Crippen molar-refractivity contribution in [3.63, 3.8) is 0 Å². The maximum absolute atomic E-state index is 13.2. The zero-order chi connectivity index (χ0) is 11.2. The third kappa shape index (κ3) is 2.15. The number of benzene rings is 1. The van der Waals surface area contributed by atoms with Gasteiger partial charge in [-0.15, -0.1) is 12.4 Å². The molecule has 1 atom stereocenters. The summed E-state index contributed by atoms with van der Waals surface area (Å²) in [6.45, 7) is 0. The summed E-state index contributed by atoms with van der Waals surface area (Å²) in [7, 11) is 0. The maximum atomic E-state index is 13.2. The van der Waals surface area contributed by atoms with Crippen molar-refractivity contribution in [2.24, 2.45) is 11.7 Å². The number of halogens is 5. The van der Waals surface area contributed by atoms with Crippen LogP contribution in [-0.2, 0) is 0 Å². The van der Waals surface area contributed by atoms with E-state index >= 15 is 0 Å². The molecule has 2 N–H and O–H groups in total. The normalized spacial score (nSPS) is 16.8. The molecule has 2 rings (SSSR count). The first-order valence-corrected chi connectivity index (χ1v) is 4.61. The Morgan fingerprint density at radius 3 is 1.88 bits per heavy atom. The van der Waals surface area contributed by atoms with Crippen LogP contribution in [0.5, 0.6) is 0 Å². The van der Waals surface area contributed by atoms with Gasteiger partial charge in [0, 0.05) is 17.7 Å². The molecule has 0 amide bonds. The molecule has 6 heteroatoms. The first kappa shape index (κ1) is 13.3. The number of hydrogen-bond acceptors (Lipinski definition) is 1. The molecule has 0 spiro atoms. The standard InChI is InChI=1S/C10H9F4N.ClH/c11-5-3-6(12)9(14)7(8(5)13)10(15)4-1-2-4;/h3-4,10H,1-2,15H2;1H/t10-;/m0./s1. The van der Waals surface area contributed by atoms with E-state index in [2.05, 4.69) is 0 Å². The Bertz CT molecular complexity index is 380. The fourth-order valence-electron chi connectivity index (χ4n) is 1.58. The van der Waals surface area contributed by atoms with E-state index in [1.165, 1.54) is 0 Å². The summed E-state index contributed by atoms with van der Waals surface area (Å²) in [6, 6.07) is -0.774. The second-order valence-electron chi connectivity index (χ2n) is 3.75. The summed E-state index contributed by atoms with van der Waals surface area (Å²) in [4.78, 5) is 0. The lowest BCUT2D eigenvalue weighted by atomic mass is 10.0. The first-order chi connectivity index (χ1) is 7.02. The fourth-order valence-corrected chi connectivity index (χ4v) is 1.58. The smallest absolute Gasteiger partial charge is 0.166 e. The molecular formula is C10H10ClF4N. The van der Waals surface area contributed by atoms with Crippen LogP contribution >= 0.6 is 12.4 Å². The van der Waals surface area contributed by atoms with Gasteiger partial charge < -0.3 is 5.73 Å². The van der Waals surface area contributed by atoms with Crippen LogP contribution in [0.25, 0.3) is 0 Å². The van der Waals surface area contributed by atoms with Crippen molar-refractivity contribution in [1.82, 2.24) is 0 Å². The van der Waals surface area contributed by atoms with Gasteiger partial charge in [0.25, 0.3) is 0 Å². The first-order valence-electron chi connectivity index (χ1n) is 4.61. The summed E-state index contributed by atoms with van der Waals surface area (Å²) in [5.41, 5.74) is 4.86. The minimum absolute atomic E-state index is 0. The zero-order valence-electron chi connectivity index (χ0n) is 8.14. The van der Waals surface area contributed by atoms with Gasteiger partial charge in [0.1, 0.15) is 0 Å². The molecule has 1 aromatic carbocycles. The van der Waals surface area contributed by atoms with Crippen LogP contribution < -0.4 is 5.73 Å². The number of rotatable bonds is 2. The highest BCUT2D eigenvalue weighted by molar-refractivity contribution is 5.85. The van der Waals surface area contributed by atoms with Crippen LogP contribution in [0.3, 0.4) is 0 Å². The van der Waals surface area contributed by atoms with Crippen molar-refractivity contribution < 1.29 is 17.6 Å². The van der Waals surface area contributed by atoms with Gasteiger partial charge in [0.05, 0.1) is 0 Å². The van der Waals surface area contributed by atoms with Crippen molar-refractivity contribution >= 4 is 12.4 Å². The summed E-state index contributed by atoms with van der Waals surface area (Å²) >= 11 is 0. The van der Waals surface area contributed by atoms with Gasteiger partial charge in [-0.05, 0) is 18.8 Å². The number of hydrogen-bond donors (Lipinski definition) is 1. The monoisotopic (exact) mass is 255 g/mol. The lowest BCUT2D eigenvalue weighted by molar-refractivity contribution is 0.419. The molecule has 0 aliphatic heterocycles. The van der Waals surface area contributed by atoms with Gasteiger partial charge in [-0.2, -0.15) is 0 Å². The Balaban J connectivity index is 0.00000128. The highest BCUT2D eigenvalue weighted by Crippen LogP contribution is 2.41. The van der Waals surface area contributed by atoms with E-state index in [-0.39, 0.29) is 24.4 Å². The molecule has 0 radical (unpaired) electrons. The highest BCUT2D eigenvalue weighted by atomic mass is 35.5. The van der Waals surface area contributed by atoms with Gasteiger partial charge >= 0.3 is 0 Å². The van der Waals surface area contributed by atoms with Crippen LogP contribution in [0.2, 0.25) is 0 Å². The maximum Gasteiger partial charge on any atom is 0.166 e. The molecule has 90 valence electrons. The SMILES string of the molecule is Cl.N[C@H](c1c(F)c(F)cc(F)c1F)C1CC1. The van der Waals surface area contributed by atoms with Gasteiger partial charge in [-0.1, -0.05) is 0 Å². The minimum atomic E-state index is -1.40. The zero-order valence-corrected chi connectivity index (χ0v) is 8.96. The lowest BCUT2D eigenvalue weighted by Crippen LogP contribution is -2.18. The minimum Gasteiger partial charge on any atom is -0.324 e. The molecule has 16 heavy (non-hydrogen) atoms. The largest absolute Gasteiger partial charge is 0.324 e. The molecule has 1 fully saturated rings. The summed E-state index contributed by atoms with van der Waals surface area (Å²) in [5.74, 6) is -5.64. The van der Waals surface area contributed by atoms with Crippen LogP contribution in [-0.4, -0.2) is 0 Å². The third-order valence-electron chi connectivity index (χ3n) is 2.61. The average Bonchev–Trinajstić information content (AvgIpc) is 2.98. The Labute approximate surface area is 96.0 Å². The van der Waals surface area contributed by atoms with Gasteiger partial charge in [0.2, 0.25) is 0 Å². The van der Waals surface area contributed by atoms with Gasteiger partial charge in [-0.3, -0.25) is 0 Å². The van der Waals surface area contributed by atoms with Crippen molar-refractivity contribution in [1.29, 1.82) is 0 Å². The second kappa shape index (κ2) is 4.59. The average molecular weight is 256 g/mol. The van der Waals surface area contributed by atoms with E-state index in [4.69, 9.17) is 5.73 Å². The van der Waals surface area contributed by atoms with E-state index in [1.807, 2.05) is 0 Å². The molecule has 1 aliphatic rings. The topological polar surface area (TPSA) is 26.0 Å². The lowest BCUT2D eigenvalue weighted by Gasteiger charge is -2.13. The van der Waals surface area contributed by atoms with E-state index in [9.17, 15) is 17.6 Å². The third-order valence-corrected chi connectivity index (χ3v) is 2.61. The second-order valence-corrected chi connectivity index (χ2v) is 3.75. The van der Waals surface area contributed by atoms with Crippen LogP contribution in [0, 0.1) is 29.2 Å². The van der Waals surface area contributed by atoms with E-state index in [1.54, 1.807) is 0 Å².